The number of nitrogens with two attached hydrogens (primary N) is 1. The minimum atomic E-state index is -0.195. The predicted octanol–water partition coefficient (Wildman–Crippen LogP) is 0.0922. The van der Waals surface area contributed by atoms with Crippen molar-refractivity contribution >= 4 is 22.4 Å². The quantitative estimate of drug-likeness (QED) is 0.806. The summed E-state index contributed by atoms with van der Waals surface area (Å²) in [5.41, 5.74) is 6.17. The highest BCUT2D eigenvalue weighted by Crippen LogP contribution is 2.19. The van der Waals surface area contributed by atoms with Gasteiger partial charge in [0.15, 0.2) is 11.0 Å². The Balaban J connectivity index is 2.03. The van der Waals surface area contributed by atoms with E-state index in [1.807, 2.05) is 7.05 Å². The minimum Gasteiger partial charge on any atom is -0.375 e. The molecule has 2 aromatic heterocycles. The maximum absolute atomic E-state index is 11.8. The number of aryl methyl sites for hydroxylation is 2. The van der Waals surface area contributed by atoms with Crippen molar-refractivity contribution in [3.05, 3.63) is 22.7 Å². The van der Waals surface area contributed by atoms with Crippen molar-refractivity contribution in [3.8, 4) is 0 Å². The van der Waals surface area contributed by atoms with Crippen LogP contribution < -0.4 is 11.1 Å². The molecular formula is C9H12N6OS. The fraction of sp³-hybridized carbons (Fsp3) is 0.333. The zero-order valence-electron chi connectivity index (χ0n) is 9.47. The highest BCUT2D eigenvalue weighted by atomic mass is 32.1. The Kier molecular flexibility index (Phi) is 3.05. The molecule has 17 heavy (non-hydrogen) atoms. The summed E-state index contributed by atoms with van der Waals surface area (Å²) in [5, 5.41) is 10.7. The molecule has 3 N–H and O–H groups in total. The number of rotatable bonds is 3. The van der Waals surface area contributed by atoms with E-state index in [-0.39, 0.29) is 5.91 Å². The van der Waals surface area contributed by atoms with Gasteiger partial charge in [0.2, 0.25) is 0 Å². The number of nitrogen functional groups attached to an aromatic ring is 1. The zero-order chi connectivity index (χ0) is 12.4. The Labute approximate surface area is 102 Å². The molecule has 0 atom stereocenters. The van der Waals surface area contributed by atoms with Crippen LogP contribution in [0.5, 0.6) is 0 Å². The third-order valence-electron chi connectivity index (χ3n) is 2.23. The van der Waals surface area contributed by atoms with Crippen molar-refractivity contribution in [2.45, 2.75) is 13.5 Å². The Hall–Kier alpha value is -1.96. The number of anilines is 1. The predicted molar refractivity (Wildman–Crippen MR) is 63.4 cm³/mol. The largest absolute Gasteiger partial charge is 0.375 e. The number of carbonyl (C=O) groups excluding carboxylic acids is 1. The lowest BCUT2D eigenvalue weighted by molar-refractivity contribution is 0.0953. The van der Waals surface area contributed by atoms with Crippen LogP contribution >= 0.6 is 11.3 Å². The summed E-state index contributed by atoms with van der Waals surface area (Å²) in [7, 11) is 1.82. The van der Waals surface area contributed by atoms with Gasteiger partial charge in [0, 0.05) is 7.05 Å². The molecule has 0 saturated heterocycles. The van der Waals surface area contributed by atoms with E-state index in [4.69, 9.17) is 5.73 Å². The van der Waals surface area contributed by atoms with Crippen molar-refractivity contribution in [1.82, 2.24) is 25.1 Å². The first-order chi connectivity index (χ1) is 8.08. The molecule has 0 aliphatic carbocycles. The second-order valence-electron chi connectivity index (χ2n) is 3.51. The fourth-order valence-corrected chi connectivity index (χ4v) is 2.08. The number of hydrogen-bond acceptors (Lipinski definition) is 6. The van der Waals surface area contributed by atoms with Gasteiger partial charge >= 0.3 is 0 Å². The molecule has 0 bridgehead atoms. The molecule has 7 nitrogen and oxygen atoms in total. The topological polar surface area (TPSA) is 98.7 Å². The maximum Gasteiger partial charge on any atom is 0.263 e. The lowest BCUT2D eigenvalue weighted by Crippen LogP contribution is -2.24. The second-order valence-corrected chi connectivity index (χ2v) is 4.54. The van der Waals surface area contributed by atoms with Gasteiger partial charge in [-0.1, -0.05) is 11.3 Å². The lowest BCUT2D eigenvalue weighted by atomic mass is 10.4. The third-order valence-corrected chi connectivity index (χ3v) is 3.22. The van der Waals surface area contributed by atoms with E-state index < -0.39 is 0 Å². The molecular weight excluding hydrogens is 240 g/mol. The number of aromatic nitrogens is 4. The first-order valence-corrected chi connectivity index (χ1v) is 5.73. The average Bonchev–Trinajstić information content (AvgIpc) is 2.81. The van der Waals surface area contributed by atoms with E-state index in [1.54, 1.807) is 17.8 Å². The summed E-state index contributed by atoms with van der Waals surface area (Å²) < 4.78 is 1.74. The van der Waals surface area contributed by atoms with Gasteiger partial charge in [0.25, 0.3) is 5.91 Å². The molecule has 0 unspecified atom stereocenters. The Morgan fingerprint density at radius 2 is 2.41 bits per heavy atom. The van der Waals surface area contributed by atoms with Gasteiger partial charge in [-0.15, -0.1) is 10.2 Å². The highest BCUT2D eigenvalue weighted by molar-refractivity contribution is 7.17. The molecule has 0 fully saturated rings. The number of amides is 1. The van der Waals surface area contributed by atoms with Crippen LogP contribution in [0.25, 0.3) is 0 Å². The normalized spacial score (nSPS) is 10.5. The molecule has 0 saturated carbocycles. The number of thiazole rings is 1. The standard InChI is InChI=1S/C9H12N6OS/c1-5-7(17-9(10)13-5)8(16)11-3-6-14-12-4-15(6)2/h4H,3H2,1-2H3,(H2,10,13)(H,11,16). The molecule has 0 aromatic carbocycles. The second kappa shape index (κ2) is 4.50. The van der Waals surface area contributed by atoms with Crippen LogP contribution in [-0.4, -0.2) is 25.7 Å². The number of nitrogens with one attached hydrogen (secondary N) is 1. The zero-order valence-corrected chi connectivity index (χ0v) is 10.3. The summed E-state index contributed by atoms with van der Waals surface area (Å²) in [6.07, 6.45) is 1.58. The Morgan fingerprint density at radius 3 is 2.94 bits per heavy atom. The first kappa shape index (κ1) is 11.5. The van der Waals surface area contributed by atoms with Gasteiger partial charge in [0.05, 0.1) is 12.2 Å². The molecule has 90 valence electrons. The smallest absolute Gasteiger partial charge is 0.263 e. The third kappa shape index (κ3) is 2.41. The van der Waals surface area contributed by atoms with Gasteiger partial charge in [0.1, 0.15) is 11.2 Å². The van der Waals surface area contributed by atoms with Crippen LogP contribution in [0.1, 0.15) is 21.2 Å². The van der Waals surface area contributed by atoms with E-state index in [1.165, 1.54) is 11.3 Å². The number of carbonyl (C=O) groups is 1. The van der Waals surface area contributed by atoms with Crippen LogP contribution in [0, 0.1) is 6.92 Å². The van der Waals surface area contributed by atoms with E-state index >= 15 is 0 Å². The van der Waals surface area contributed by atoms with Crippen LogP contribution in [-0.2, 0) is 13.6 Å². The van der Waals surface area contributed by atoms with Gasteiger partial charge in [-0.2, -0.15) is 0 Å². The number of nitrogens with zero attached hydrogens (tertiary/aromatic N) is 4. The molecule has 2 rings (SSSR count). The molecule has 2 heterocycles. The summed E-state index contributed by atoms with van der Waals surface area (Å²) in [4.78, 5) is 16.4. The average molecular weight is 252 g/mol. The summed E-state index contributed by atoms with van der Waals surface area (Å²) in [5.74, 6) is 0.494. The SMILES string of the molecule is Cc1nc(N)sc1C(=O)NCc1nncn1C. The Bertz CT molecular complexity index is 545. The van der Waals surface area contributed by atoms with Crippen LogP contribution in [0.4, 0.5) is 5.13 Å². The summed E-state index contributed by atoms with van der Waals surface area (Å²) >= 11 is 1.18. The minimum absolute atomic E-state index is 0.195. The fourth-order valence-electron chi connectivity index (χ4n) is 1.33. The molecule has 1 amide bonds. The van der Waals surface area contributed by atoms with Gasteiger partial charge in [-0.05, 0) is 6.92 Å². The molecule has 0 radical (unpaired) electrons. The van der Waals surface area contributed by atoms with E-state index in [2.05, 4.69) is 20.5 Å². The molecule has 2 aromatic rings. The van der Waals surface area contributed by atoms with Crippen molar-refractivity contribution in [2.75, 3.05) is 5.73 Å². The molecule has 0 spiro atoms. The van der Waals surface area contributed by atoms with Crippen LogP contribution in [0.3, 0.4) is 0 Å². The molecule has 8 heteroatoms. The van der Waals surface area contributed by atoms with E-state index in [9.17, 15) is 4.79 Å². The highest BCUT2D eigenvalue weighted by Gasteiger charge is 2.14. The van der Waals surface area contributed by atoms with E-state index in [0.29, 0.717) is 28.1 Å². The summed E-state index contributed by atoms with van der Waals surface area (Å²) in [6, 6.07) is 0. The van der Waals surface area contributed by atoms with Crippen molar-refractivity contribution in [1.29, 1.82) is 0 Å². The van der Waals surface area contributed by atoms with E-state index in [0.717, 1.165) is 0 Å². The van der Waals surface area contributed by atoms with Crippen molar-refractivity contribution < 1.29 is 4.79 Å². The van der Waals surface area contributed by atoms with Crippen LogP contribution in [0.2, 0.25) is 0 Å². The Morgan fingerprint density at radius 1 is 1.65 bits per heavy atom. The monoisotopic (exact) mass is 252 g/mol. The van der Waals surface area contributed by atoms with Gasteiger partial charge in [-0.25, -0.2) is 4.98 Å². The van der Waals surface area contributed by atoms with Gasteiger partial charge in [-0.3, -0.25) is 4.79 Å². The van der Waals surface area contributed by atoms with Crippen molar-refractivity contribution in [2.24, 2.45) is 7.05 Å². The van der Waals surface area contributed by atoms with Crippen molar-refractivity contribution in [3.63, 3.8) is 0 Å². The number of hydrogen-bond donors (Lipinski definition) is 2. The molecule has 0 aliphatic rings. The lowest BCUT2D eigenvalue weighted by Gasteiger charge is -2.02. The maximum atomic E-state index is 11.8. The summed E-state index contributed by atoms with van der Waals surface area (Å²) in [6.45, 7) is 2.08. The first-order valence-electron chi connectivity index (χ1n) is 4.92. The van der Waals surface area contributed by atoms with Gasteiger partial charge < -0.3 is 15.6 Å². The van der Waals surface area contributed by atoms with Crippen LogP contribution in [0.15, 0.2) is 6.33 Å². The molecule has 0 aliphatic heterocycles.